The number of carbonyl (C=O) groups is 3. The number of amides is 3. The molecule has 7 nitrogen and oxygen atoms in total. The SMILES string of the molecule is C=CCN1C(=O)[C@H]2[C@@H](C(=O)NCc3ccccc3)[C@H]3C=C[C@]2(O3)[C@H]1C(=O)NC(C)(C)C. The van der Waals surface area contributed by atoms with Gasteiger partial charge in [-0.25, -0.2) is 0 Å². The third-order valence-electron chi connectivity index (χ3n) is 6.06. The van der Waals surface area contributed by atoms with Crippen LogP contribution in [-0.4, -0.2) is 52.5 Å². The van der Waals surface area contributed by atoms with Gasteiger partial charge in [-0.05, 0) is 26.3 Å². The van der Waals surface area contributed by atoms with Gasteiger partial charge in [-0.3, -0.25) is 14.4 Å². The second-order valence-corrected chi connectivity index (χ2v) is 9.42. The van der Waals surface area contributed by atoms with Crippen LogP contribution in [-0.2, 0) is 25.7 Å². The highest BCUT2D eigenvalue weighted by molar-refractivity contribution is 6.00. The predicted molar refractivity (Wildman–Crippen MR) is 116 cm³/mol. The van der Waals surface area contributed by atoms with Gasteiger partial charge in [-0.2, -0.15) is 0 Å². The Balaban J connectivity index is 1.61. The summed E-state index contributed by atoms with van der Waals surface area (Å²) < 4.78 is 6.24. The molecule has 5 atom stereocenters. The van der Waals surface area contributed by atoms with Crippen LogP contribution >= 0.6 is 0 Å². The van der Waals surface area contributed by atoms with Crippen molar-refractivity contribution in [1.82, 2.24) is 15.5 Å². The molecule has 0 aromatic heterocycles. The number of benzene rings is 1. The van der Waals surface area contributed by atoms with Crippen molar-refractivity contribution in [1.29, 1.82) is 0 Å². The summed E-state index contributed by atoms with van der Waals surface area (Å²) >= 11 is 0. The molecule has 2 bridgehead atoms. The van der Waals surface area contributed by atoms with E-state index in [0.29, 0.717) is 6.54 Å². The third kappa shape index (κ3) is 3.57. The van der Waals surface area contributed by atoms with Crippen molar-refractivity contribution in [2.75, 3.05) is 6.54 Å². The van der Waals surface area contributed by atoms with Crippen molar-refractivity contribution in [3.63, 3.8) is 0 Å². The van der Waals surface area contributed by atoms with Crippen molar-refractivity contribution in [3.8, 4) is 0 Å². The summed E-state index contributed by atoms with van der Waals surface area (Å²) in [6, 6.07) is 8.74. The van der Waals surface area contributed by atoms with Gasteiger partial charge in [0.25, 0.3) is 0 Å². The second kappa shape index (κ2) is 7.64. The van der Waals surface area contributed by atoms with Crippen LogP contribution in [0.4, 0.5) is 0 Å². The van der Waals surface area contributed by atoms with Crippen molar-refractivity contribution in [2.45, 2.75) is 50.6 Å². The summed E-state index contributed by atoms with van der Waals surface area (Å²) in [4.78, 5) is 41.3. The van der Waals surface area contributed by atoms with E-state index in [1.54, 1.807) is 12.2 Å². The first-order valence-electron chi connectivity index (χ1n) is 10.6. The first-order valence-corrected chi connectivity index (χ1v) is 10.6. The van der Waals surface area contributed by atoms with Gasteiger partial charge in [0.2, 0.25) is 17.7 Å². The normalized spacial score (nSPS) is 30.9. The molecular weight excluding hydrogens is 394 g/mol. The molecule has 2 N–H and O–H groups in total. The van der Waals surface area contributed by atoms with E-state index in [2.05, 4.69) is 17.2 Å². The van der Waals surface area contributed by atoms with Gasteiger partial charge < -0.3 is 20.3 Å². The number of rotatable bonds is 6. The standard InChI is InChI=1S/C24H29N3O4/c1-5-13-27-19(21(29)26-23(2,3)4)24-12-11-16(31-24)17(18(24)22(27)30)20(28)25-14-15-9-7-6-8-10-15/h5-12,16-19H,1,13-14H2,2-4H3,(H,25,28)(H,26,29)/t16-,17+,18-,19-,24-/m1/s1. The zero-order chi connectivity index (χ0) is 22.4. The Bertz CT molecular complexity index is 936. The first kappa shape index (κ1) is 21.3. The molecule has 2 saturated heterocycles. The highest BCUT2D eigenvalue weighted by Crippen LogP contribution is 2.55. The van der Waals surface area contributed by atoms with Crippen LogP contribution < -0.4 is 10.6 Å². The molecule has 3 heterocycles. The van der Waals surface area contributed by atoms with E-state index < -0.39 is 35.1 Å². The summed E-state index contributed by atoms with van der Waals surface area (Å²) in [6.07, 6.45) is 4.68. The van der Waals surface area contributed by atoms with E-state index in [1.165, 1.54) is 4.90 Å². The molecule has 0 unspecified atom stereocenters. The average Bonchev–Trinajstić information content (AvgIpc) is 3.34. The molecule has 1 aromatic carbocycles. The minimum Gasteiger partial charge on any atom is -0.359 e. The number of fused-ring (bicyclic) bond motifs is 1. The van der Waals surface area contributed by atoms with Crippen LogP contribution in [0.3, 0.4) is 0 Å². The molecule has 1 spiro atoms. The number of nitrogens with one attached hydrogen (secondary N) is 2. The van der Waals surface area contributed by atoms with Crippen molar-refractivity contribution >= 4 is 17.7 Å². The summed E-state index contributed by atoms with van der Waals surface area (Å²) in [5.74, 6) is -2.20. The molecule has 4 rings (SSSR count). The lowest BCUT2D eigenvalue weighted by Gasteiger charge is -2.34. The molecule has 1 aromatic rings. The molecule has 0 aliphatic carbocycles. The molecular formula is C24H29N3O4. The Morgan fingerprint density at radius 3 is 2.58 bits per heavy atom. The zero-order valence-corrected chi connectivity index (χ0v) is 18.1. The number of ether oxygens (including phenoxy) is 1. The first-order chi connectivity index (χ1) is 14.7. The Morgan fingerprint density at radius 1 is 1.23 bits per heavy atom. The van der Waals surface area contributed by atoms with Crippen LogP contribution in [0.5, 0.6) is 0 Å². The van der Waals surface area contributed by atoms with E-state index in [9.17, 15) is 14.4 Å². The molecule has 0 radical (unpaired) electrons. The van der Waals surface area contributed by atoms with E-state index in [1.807, 2.05) is 57.2 Å². The zero-order valence-electron chi connectivity index (χ0n) is 18.1. The minimum atomic E-state index is -1.14. The average molecular weight is 424 g/mol. The monoisotopic (exact) mass is 423 g/mol. The van der Waals surface area contributed by atoms with Crippen molar-refractivity contribution in [2.24, 2.45) is 11.8 Å². The van der Waals surface area contributed by atoms with Gasteiger partial charge in [0, 0.05) is 18.6 Å². The van der Waals surface area contributed by atoms with Crippen LogP contribution in [0.1, 0.15) is 26.3 Å². The van der Waals surface area contributed by atoms with E-state index >= 15 is 0 Å². The maximum Gasteiger partial charge on any atom is 0.246 e. The molecule has 3 amide bonds. The molecule has 7 heteroatoms. The fourth-order valence-electron chi connectivity index (χ4n) is 4.94. The number of nitrogens with zero attached hydrogens (tertiary/aromatic N) is 1. The van der Waals surface area contributed by atoms with Crippen LogP contribution in [0.2, 0.25) is 0 Å². The Kier molecular flexibility index (Phi) is 5.25. The third-order valence-corrected chi connectivity index (χ3v) is 6.06. The largest absolute Gasteiger partial charge is 0.359 e. The van der Waals surface area contributed by atoms with Crippen molar-refractivity contribution < 1.29 is 19.1 Å². The summed E-state index contributed by atoms with van der Waals surface area (Å²) in [6.45, 7) is 9.97. The van der Waals surface area contributed by atoms with E-state index in [0.717, 1.165) is 5.56 Å². The maximum atomic E-state index is 13.4. The van der Waals surface area contributed by atoms with Gasteiger partial charge in [0.15, 0.2) is 0 Å². The van der Waals surface area contributed by atoms with Gasteiger partial charge in [0.05, 0.1) is 17.9 Å². The van der Waals surface area contributed by atoms with E-state index in [4.69, 9.17) is 4.74 Å². The lowest BCUT2D eigenvalue weighted by molar-refractivity contribution is -0.141. The molecule has 2 fully saturated rings. The summed E-state index contributed by atoms with van der Waals surface area (Å²) in [5.41, 5.74) is -0.644. The van der Waals surface area contributed by atoms with Gasteiger partial charge in [-0.1, -0.05) is 48.6 Å². The van der Waals surface area contributed by atoms with Gasteiger partial charge in [-0.15, -0.1) is 6.58 Å². The van der Waals surface area contributed by atoms with Crippen LogP contribution in [0.25, 0.3) is 0 Å². The highest BCUT2D eigenvalue weighted by atomic mass is 16.5. The fraction of sp³-hybridized carbons (Fsp3) is 0.458. The smallest absolute Gasteiger partial charge is 0.246 e. The highest BCUT2D eigenvalue weighted by Gasteiger charge is 2.72. The molecule has 31 heavy (non-hydrogen) atoms. The number of hydrogen-bond acceptors (Lipinski definition) is 4. The summed E-state index contributed by atoms with van der Waals surface area (Å²) in [7, 11) is 0. The summed E-state index contributed by atoms with van der Waals surface area (Å²) in [5, 5.41) is 5.91. The number of carbonyl (C=O) groups excluding carboxylic acids is 3. The molecule has 3 aliphatic rings. The Labute approximate surface area is 182 Å². The van der Waals surface area contributed by atoms with Crippen molar-refractivity contribution in [3.05, 3.63) is 60.7 Å². The fourth-order valence-corrected chi connectivity index (χ4v) is 4.94. The minimum absolute atomic E-state index is 0.208. The topological polar surface area (TPSA) is 87.7 Å². The number of hydrogen-bond donors (Lipinski definition) is 2. The number of likely N-dealkylation sites (tertiary alicyclic amines) is 1. The van der Waals surface area contributed by atoms with Gasteiger partial charge in [0.1, 0.15) is 11.6 Å². The molecule has 0 saturated carbocycles. The lowest BCUT2D eigenvalue weighted by atomic mass is 9.74. The molecule has 164 valence electrons. The van der Waals surface area contributed by atoms with Crippen LogP contribution in [0.15, 0.2) is 55.1 Å². The molecule has 3 aliphatic heterocycles. The van der Waals surface area contributed by atoms with Crippen LogP contribution in [0, 0.1) is 11.8 Å². The predicted octanol–water partition coefficient (Wildman–Crippen LogP) is 1.55. The Morgan fingerprint density at radius 2 is 1.94 bits per heavy atom. The Hall–Kier alpha value is -2.93. The lowest BCUT2D eigenvalue weighted by Crippen LogP contribution is -2.57. The quantitative estimate of drug-likeness (QED) is 0.680. The maximum absolute atomic E-state index is 13.4. The van der Waals surface area contributed by atoms with E-state index in [-0.39, 0.29) is 24.3 Å². The van der Waals surface area contributed by atoms with Gasteiger partial charge >= 0.3 is 0 Å². The second-order valence-electron chi connectivity index (χ2n) is 9.42.